The zero-order valence-electron chi connectivity index (χ0n) is 9.93. The van der Waals surface area contributed by atoms with E-state index in [1.54, 1.807) is 0 Å². The summed E-state index contributed by atoms with van der Waals surface area (Å²) in [5.74, 6) is -0.183. The maximum absolute atomic E-state index is 6.13. The first-order valence-corrected chi connectivity index (χ1v) is 8.43. The summed E-state index contributed by atoms with van der Waals surface area (Å²) in [6.45, 7) is 0.885. The average Bonchev–Trinajstić information content (AvgIpc) is 2.99. The van der Waals surface area contributed by atoms with Crippen LogP contribution >= 0.6 is 0 Å². The van der Waals surface area contributed by atoms with Gasteiger partial charge in [-0.15, -0.1) is 0 Å². The molecular weight excluding hydrogens is 279 g/mol. The van der Waals surface area contributed by atoms with Gasteiger partial charge >= 0.3 is 109 Å². The standard InChI is InChI=1S/C14H18O2Se/c1-2-5-13(6-3-1)17-11-12-7-9-14(16-12)8-4-10-15-14/h1-3,5-6,12H,4,7-11H2/t12-,14-/m0/s1. The molecule has 2 heterocycles. The summed E-state index contributed by atoms with van der Waals surface area (Å²) < 4.78 is 13.4. The molecule has 2 aliphatic rings. The summed E-state index contributed by atoms with van der Waals surface area (Å²) >= 11 is 0.538. The van der Waals surface area contributed by atoms with Gasteiger partial charge in [0.1, 0.15) is 0 Å². The molecule has 0 unspecified atom stereocenters. The summed E-state index contributed by atoms with van der Waals surface area (Å²) in [5, 5.41) is 1.18. The molecule has 2 atom stereocenters. The van der Waals surface area contributed by atoms with E-state index in [1.807, 2.05) is 0 Å². The topological polar surface area (TPSA) is 18.5 Å². The van der Waals surface area contributed by atoms with E-state index in [-0.39, 0.29) is 5.79 Å². The molecule has 1 aromatic rings. The van der Waals surface area contributed by atoms with Gasteiger partial charge < -0.3 is 0 Å². The van der Waals surface area contributed by atoms with Gasteiger partial charge in [0.05, 0.1) is 0 Å². The Balaban J connectivity index is 1.51. The molecule has 2 fully saturated rings. The summed E-state index contributed by atoms with van der Waals surface area (Å²) in [5.41, 5.74) is 0. The Morgan fingerprint density at radius 2 is 2.12 bits per heavy atom. The molecule has 3 heteroatoms. The molecule has 2 saturated heterocycles. The monoisotopic (exact) mass is 298 g/mol. The van der Waals surface area contributed by atoms with Gasteiger partial charge in [-0.25, -0.2) is 0 Å². The fourth-order valence-corrected chi connectivity index (χ4v) is 4.61. The SMILES string of the molecule is c1ccc([Se]C[C@@H]2CC[C@]3(CCCO3)O2)cc1. The molecule has 2 nitrogen and oxygen atoms in total. The van der Waals surface area contributed by atoms with Crippen LogP contribution in [0.1, 0.15) is 25.7 Å². The van der Waals surface area contributed by atoms with E-state index in [9.17, 15) is 0 Å². The molecule has 17 heavy (non-hydrogen) atoms. The number of benzene rings is 1. The number of hydrogen-bond donors (Lipinski definition) is 0. The van der Waals surface area contributed by atoms with Crippen molar-refractivity contribution in [3.05, 3.63) is 30.3 Å². The van der Waals surface area contributed by atoms with Crippen molar-refractivity contribution in [2.75, 3.05) is 6.61 Å². The van der Waals surface area contributed by atoms with Crippen molar-refractivity contribution >= 4 is 19.4 Å². The first-order valence-electron chi connectivity index (χ1n) is 6.36. The van der Waals surface area contributed by atoms with Crippen molar-refractivity contribution in [3.8, 4) is 0 Å². The van der Waals surface area contributed by atoms with Gasteiger partial charge in [-0.1, -0.05) is 0 Å². The predicted molar refractivity (Wildman–Crippen MR) is 68.7 cm³/mol. The van der Waals surface area contributed by atoms with Crippen molar-refractivity contribution in [2.45, 2.75) is 42.9 Å². The Morgan fingerprint density at radius 1 is 1.24 bits per heavy atom. The Hall–Kier alpha value is -0.341. The normalized spacial score (nSPS) is 32.4. The van der Waals surface area contributed by atoms with Crippen molar-refractivity contribution in [1.29, 1.82) is 0 Å². The van der Waals surface area contributed by atoms with Crippen LogP contribution in [0.2, 0.25) is 5.32 Å². The molecular formula is C14H18O2Se. The van der Waals surface area contributed by atoms with Crippen LogP contribution in [0.5, 0.6) is 0 Å². The Kier molecular flexibility index (Phi) is 3.53. The molecule has 0 amide bonds. The molecule has 2 aliphatic heterocycles. The minimum atomic E-state index is -0.183. The van der Waals surface area contributed by atoms with Crippen LogP contribution < -0.4 is 4.46 Å². The van der Waals surface area contributed by atoms with E-state index in [0.717, 1.165) is 25.9 Å². The van der Waals surface area contributed by atoms with Gasteiger partial charge in [-0.05, 0) is 0 Å². The van der Waals surface area contributed by atoms with Crippen molar-refractivity contribution < 1.29 is 9.47 Å². The molecule has 1 aromatic carbocycles. The molecule has 0 radical (unpaired) electrons. The van der Waals surface area contributed by atoms with Gasteiger partial charge in [0.15, 0.2) is 0 Å². The minimum absolute atomic E-state index is 0.183. The fraction of sp³-hybridized carbons (Fsp3) is 0.571. The van der Waals surface area contributed by atoms with Crippen LogP contribution in [0.4, 0.5) is 0 Å². The van der Waals surface area contributed by atoms with E-state index in [0.29, 0.717) is 21.1 Å². The molecule has 0 bridgehead atoms. The molecule has 0 N–H and O–H groups in total. The van der Waals surface area contributed by atoms with Crippen LogP contribution in [-0.2, 0) is 9.47 Å². The number of rotatable bonds is 3. The van der Waals surface area contributed by atoms with Crippen LogP contribution in [0.25, 0.3) is 0 Å². The first kappa shape index (κ1) is 11.7. The van der Waals surface area contributed by atoms with Gasteiger partial charge in [-0.2, -0.15) is 0 Å². The zero-order chi connectivity index (χ0) is 11.6. The van der Waals surface area contributed by atoms with Crippen LogP contribution in [-0.4, -0.2) is 33.5 Å². The number of ether oxygens (including phenoxy) is 2. The zero-order valence-corrected chi connectivity index (χ0v) is 11.6. The van der Waals surface area contributed by atoms with E-state index in [1.165, 1.54) is 16.2 Å². The van der Waals surface area contributed by atoms with Gasteiger partial charge in [0.2, 0.25) is 0 Å². The molecule has 3 rings (SSSR count). The second kappa shape index (κ2) is 5.11. The maximum atomic E-state index is 6.13. The van der Waals surface area contributed by atoms with E-state index < -0.39 is 0 Å². The van der Waals surface area contributed by atoms with Crippen molar-refractivity contribution in [3.63, 3.8) is 0 Å². The molecule has 1 spiro atoms. The van der Waals surface area contributed by atoms with Gasteiger partial charge in [-0.3, -0.25) is 0 Å². The third-order valence-corrected chi connectivity index (χ3v) is 5.87. The average molecular weight is 297 g/mol. The summed E-state index contributed by atoms with van der Waals surface area (Å²) in [4.78, 5) is 0. The molecule has 0 aliphatic carbocycles. The van der Waals surface area contributed by atoms with Crippen LogP contribution in [0, 0.1) is 0 Å². The van der Waals surface area contributed by atoms with Crippen LogP contribution in [0.15, 0.2) is 30.3 Å². The fourth-order valence-electron chi connectivity index (χ4n) is 2.59. The Labute approximate surface area is 109 Å². The predicted octanol–water partition coefficient (Wildman–Crippen LogP) is 2.12. The second-order valence-corrected chi connectivity index (χ2v) is 7.06. The molecule has 0 saturated carbocycles. The third kappa shape index (κ3) is 2.74. The van der Waals surface area contributed by atoms with E-state index in [4.69, 9.17) is 9.47 Å². The molecule has 0 aromatic heterocycles. The van der Waals surface area contributed by atoms with Crippen molar-refractivity contribution in [2.24, 2.45) is 0 Å². The summed E-state index contributed by atoms with van der Waals surface area (Å²) in [6.07, 6.45) is 4.96. The quantitative estimate of drug-likeness (QED) is 0.796. The van der Waals surface area contributed by atoms with Gasteiger partial charge in [0, 0.05) is 0 Å². The van der Waals surface area contributed by atoms with Crippen LogP contribution in [0.3, 0.4) is 0 Å². The summed E-state index contributed by atoms with van der Waals surface area (Å²) in [6, 6.07) is 10.8. The first-order chi connectivity index (χ1) is 8.36. The second-order valence-electron chi connectivity index (χ2n) is 4.77. The summed E-state index contributed by atoms with van der Waals surface area (Å²) in [7, 11) is 0. The molecule has 92 valence electrons. The van der Waals surface area contributed by atoms with E-state index >= 15 is 0 Å². The Morgan fingerprint density at radius 3 is 2.88 bits per heavy atom. The van der Waals surface area contributed by atoms with Gasteiger partial charge in [0.25, 0.3) is 0 Å². The number of hydrogen-bond acceptors (Lipinski definition) is 2. The van der Waals surface area contributed by atoms with Crippen molar-refractivity contribution in [1.82, 2.24) is 0 Å². The third-order valence-electron chi connectivity index (χ3n) is 3.47. The van der Waals surface area contributed by atoms with E-state index in [2.05, 4.69) is 30.3 Å². The Bertz CT molecular complexity index is 360.